The highest BCUT2D eigenvalue weighted by molar-refractivity contribution is 8.00. The van der Waals surface area contributed by atoms with Gasteiger partial charge in [0.15, 0.2) is 0 Å². The van der Waals surface area contributed by atoms with Gasteiger partial charge in [0.2, 0.25) is 11.8 Å². The van der Waals surface area contributed by atoms with Crippen molar-refractivity contribution < 1.29 is 9.59 Å². The van der Waals surface area contributed by atoms with Crippen LogP contribution in [0.2, 0.25) is 0 Å². The van der Waals surface area contributed by atoms with Crippen LogP contribution in [0.15, 0.2) is 0 Å². The van der Waals surface area contributed by atoms with Crippen LogP contribution in [0.4, 0.5) is 0 Å². The van der Waals surface area contributed by atoms with Gasteiger partial charge in [0.05, 0.1) is 11.4 Å². The number of thioether (sulfide) groups is 1. The van der Waals surface area contributed by atoms with Crippen LogP contribution in [0.5, 0.6) is 0 Å². The van der Waals surface area contributed by atoms with Gasteiger partial charge in [-0.3, -0.25) is 14.9 Å². The summed E-state index contributed by atoms with van der Waals surface area (Å²) >= 11 is 1.80. The van der Waals surface area contributed by atoms with E-state index in [-0.39, 0.29) is 23.9 Å². The molecule has 3 saturated heterocycles. The SMILES string of the molecule is CC1CC2C(CN1)CC(C1CC(NC(=O)C3CSC(C)N3)CCC1C)C(=O)N2C. The Bertz CT molecular complexity index is 632. The second kappa shape index (κ2) is 8.75. The molecule has 9 unspecified atom stereocenters. The molecule has 4 rings (SSSR count). The molecule has 3 aliphatic heterocycles. The Morgan fingerprint density at radius 1 is 1.17 bits per heavy atom. The van der Waals surface area contributed by atoms with Gasteiger partial charge >= 0.3 is 0 Å². The zero-order chi connectivity index (χ0) is 20.7. The summed E-state index contributed by atoms with van der Waals surface area (Å²) in [5.74, 6) is 2.89. The molecular formula is C22H38N4O2S. The first kappa shape index (κ1) is 21.4. The van der Waals surface area contributed by atoms with Gasteiger partial charge in [0, 0.05) is 43.4 Å². The average Bonchev–Trinajstić information content (AvgIpc) is 3.13. The van der Waals surface area contributed by atoms with Gasteiger partial charge in [-0.1, -0.05) is 6.92 Å². The normalized spacial score (nSPS) is 45.7. The Morgan fingerprint density at radius 2 is 1.97 bits per heavy atom. The van der Waals surface area contributed by atoms with Gasteiger partial charge < -0.3 is 15.5 Å². The summed E-state index contributed by atoms with van der Waals surface area (Å²) < 4.78 is 0. The molecule has 0 spiro atoms. The summed E-state index contributed by atoms with van der Waals surface area (Å²) in [4.78, 5) is 28.1. The van der Waals surface area contributed by atoms with Crippen molar-refractivity contribution in [3.05, 3.63) is 0 Å². The molecule has 6 nitrogen and oxygen atoms in total. The molecule has 0 aromatic rings. The molecule has 3 heterocycles. The third-order valence-electron chi connectivity index (χ3n) is 7.97. The second-order valence-corrected chi connectivity index (χ2v) is 11.4. The minimum absolute atomic E-state index is 0.0775. The van der Waals surface area contributed by atoms with Crippen molar-refractivity contribution in [1.82, 2.24) is 20.9 Å². The number of rotatable bonds is 3. The minimum atomic E-state index is -0.0775. The molecule has 29 heavy (non-hydrogen) atoms. The highest BCUT2D eigenvalue weighted by Crippen LogP contribution is 2.43. The van der Waals surface area contributed by atoms with E-state index in [4.69, 9.17) is 0 Å². The van der Waals surface area contributed by atoms with E-state index in [1.807, 2.05) is 7.05 Å². The van der Waals surface area contributed by atoms with Crippen LogP contribution >= 0.6 is 11.8 Å². The number of carbonyl (C=O) groups is 2. The number of nitrogens with one attached hydrogen (secondary N) is 3. The van der Waals surface area contributed by atoms with Gasteiger partial charge in [-0.2, -0.15) is 0 Å². The Balaban J connectivity index is 1.40. The molecule has 3 N–H and O–H groups in total. The molecule has 0 radical (unpaired) electrons. The Labute approximate surface area is 179 Å². The molecule has 164 valence electrons. The molecule has 1 aliphatic carbocycles. The van der Waals surface area contributed by atoms with Crippen LogP contribution < -0.4 is 16.0 Å². The van der Waals surface area contributed by atoms with Crippen molar-refractivity contribution in [2.24, 2.45) is 23.7 Å². The molecule has 4 aliphatic rings. The van der Waals surface area contributed by atoms with Crippen LogP contribution in [0, 0.1) is 23.7 Å². The first-order chi connectivity index (χ1) is 13.8. The van der Waals surface area contributed by atoms with Crippen molar-refractivity contribution >= 4 is 23.6 Å². The minimum Gasteiger partial charge on any atom is -0.352 e. The predicted octanol–water partition coefficient (Wildman–Crippen LogP) is 1.80. The van der Waals surface area contributed by atoms with Crippen molar-refractivity contribution in [3.63, 3.8) is 0 Å². The van der Waals surface area contributed by atoms with Crippen LogP contribution in [0.1, 0.15) is 52.9 Å². The van der Waals surface area contributed by atoms with Gasteiger partial charge in [-0.05, 0) is 63.7 Å². The molecule has 1 saturated carbocycles. The largest absolute Gasteiger partial charge is 0.352 e. The van der Waals surface area contributed by atoms with E-state index in [0.717, 1.165) is 44.4 Å². The molecule has 0 aromatic carbocycles. The van der Waals surface area contributed by atoms with Crippen LogP contribution in [0.3, 0.4) is 0 Å². The summed E-state index contributed by atoms with van der Waals surface area (Å²) in [7, 11) is 2.02. The van der Waals surface area contributed by atoms with E-state index in [2.05, 4.69) is 41.6 Å². The number of piperidine rings is 2. The number of likely N-dealkylation sites (tertiary alicyclic amines) is 1. The van der Waals surface area contributed by atoms with E-state index in [9.17, 15) is 9.59 Å². The van der Waals surface area contributed by atoms with Crippen LogP contribution in [0.25, 0.3) is 0 Å². The summed E-state index contributed by atoms with van der Waals surface area (Å²) in [6, 6.07) is 0.997. The monoisotopic (exact) mass is 422 g/mol. The fraction of sp³-hybridized carbons (Fsp3) is 0.909. The molecule has 0 aromatic heterocycles. The van der Waals surface area contributed by atoms with E-state index < -0.39 is 0 Å². The smallest absolute Gasteiger partial charge is 0.238 e. The number of nitrogens with zero attached hydrogens (tertiary/aromatic N) is 1. The Morgan fingerprint density at radius 3 is 2.69 bits per heavy atom. The third-order valence-corrected chi connectivity index (χ3v) is 9.14. The van der Waals surface area contributed by atoms with E-state index in [0.29, 0.717) is 41.1 Å². The summed E-state index contributed by atoms with van der Waals surface area (Å²) in [6.07, 6.45) is 5.12. The Hall–Kier alpha value is -0.790. The lowest BCUT2D eigenvalue weighted by molar-refractivity contribution is -0.148. The van der Waals surface area contributed by atoms with E-state index >= 15 is 0 Å². The maximum absolute atomic E-state index is 13.3. The number of hydrogen-bond acceptors (Lipinski definition) is 5. The van der Waals surface area contributed by atoms with Gasteiger partial charge in [0.1, 0.15) is 0 Å². The number of amides is 2. The quantitative estimate of drug-likeness (QED) is 0.647. The van der Waals surface area contributed by atoms with Crippen molar-refractivity contribution in [2.45, 2.75) is 82.4 Å². The summed E-state index contributed by atoms with van der Waals surface area (Å²) in [5.41, 5.74) is 0. The lowest BCUT2D eigenvalue weighted by atomic mass is 9.65. The topological polar surface area (TPSA) is 73.5 Å². The highest BCUT2D eigenvalue weighted by atomic mass is 32.2. The van der Waals surface area contributed by atoms with Crippen molar-refractivity contribution in [1.29, 1.82) is 0 Å². The lowest BCUT2D eigenvalue weighted by Gasteiger charge is -2.50. The maximum atomic E-state index is 13.3. The maximum Gasteiger partial charge on any atom is 0.238 e. The zero-order valence-corrected chi connectivity index (χ0v) is 19.1. The molecule has 7 heteroatoms. The van der Waals surface area contributed by atoms with Crippen LogP contribution in [-0.2, 0) is 9.59 Å². The lowest BCUT2D eigenvalue weighted by Crippen LogP contribution is -2.60. The Kier molecular flexibility index (Phi) is 6.47. The van der Waals surface area contributed by atoms with Crippen LogP contribution in [-0.4, -0.2) is 65.6 Å². The standard InChI is InChI=1S/C22H38N4O2S/c1-12-5-6-16(25-21(27)19-11-29-14(3)24-19)9-17(12)18-8-15-10-23-13(2)7-20(15)26(4)22(18)28/h12-20,23-24H,5-11H2,1-4H3,(H,25,27). The summed E-state index contributed by atoms with van der Waals surface area (Å²) in [6.45, 7) is 7.65. The fourth-order valence-corrected chi connectivity index (χ4v) is 7.16. The molecule has 2 amide bonds. The van der Waals surface area contributed by atoms with Gasteiger partial charge in [0.25, 0.3) is 0 Å². The molecule has 9 atom stereocenters. The van der Waals surface area contributed by atoms with Crippen molar-refractivity contribution in [3.8, 4) is 0 Å². The van der Waals surface area contributed by atoms with Gasteiger partial charge in [-0.25, -0.2) is 0 Å². The van der Waals surface area contributed by atoms with Crippen molar-refractivity contribution in [2.75, 3.05) is 19.3 Å². The third kappa shape index (κ3) is 4.47. The number of hydrogen-bond donors (Lipinski definition) is 3. The zero-order valence-electron chi connectivity index (χ0n) is 18.3. The highest BCUT2D eigenvalue weighted by Gasteiger charge is 2.47. The molecule has 0 bridgehead atoms. The molecule has 4 fully saturated rings. The van der Waals surface area contributed by atoms with Gasteiger partial charge in [-0.15, -0.1) is 11.8 Å². The predicted molar refractivity (Wildman–Crippen MR) is 118 cm³/mol. The fourth-order valence-electron chi connectivity index (χ4n) is 6.17. The number of carbonyl (C=O) groups excluding carboxylic acids is 2. The number of fused-ring (bicyclic) bond motifs is 1. The first-order valence-electron chi connectivity index (χ1n) is 11.5. The molecular weight excluding hydrogens is 384 g/mol. The van der Waals surface area contributed by atoms with E-state index in [1.54, 1.807) is 11.8 Å². The second-order valence-electron chi connectivity index (χ2n) is 10.0. The van der Waals surface area contributed by atoms with E-state index in [1.165, 1.54) is 0 Å². The summed E-state index contributed by atoms with van der Waals surface area (Å²) in [5, 5.41) is 10.6. The average molecular weight is 423 g/mol. The first-order valence-corrected chi connectivity index (χ1v) is 12.6.